The van der Waals surface area contributed by atoms with Crippen molar-refractivity contribution in [1.29, 1.82) is 0 Å². The first-order valence-corrected chi connectivity index (χ1v) is 8.51. The lowest BCUT2D eigenvalue weighted by atomic mass is 10.1. The van der Waals surface area contributed by atoms with Crippen molar-refractivity contribution in [3.05, 3.63) is 89.2 Å². The third kappa shape index (κ3) is 4.64. The second-order valence-corrected chi connectivity index (χ2v) is 6.06. The Balaban J connectivity index is 1.62. The van der Waals surface area contributed by atoms with Crippen LogP contribution in [0, 0.1) is 12.7 Å². The summed E-state index contributed by atoms with van der Waals surface area (Å²) in [5, 5.41) is 2.73. The fraction of sp³-hybridized carbons (Fsp3) is 0.136. The molecule has 1 N–H and O–H groups in total. The summed E-state index contributed by atoms with van der Waals surface area (Å²) >= 11 is 0. The fourth-order valence-electron chi connectivity index (χ4n) is 2.60. The molecule has 0 radical (unpaired) electrons. The Morgan fingerprint density at radius 2 is 1.70 bits per heavy atom. The number of ether oxygens (including phenoxy) is 2. The Kier molecular flexibility index (Phi) is 5.71. The number of para-hydroxylation sites is 2. The number of carbonyl (C=O) groups excluding carboxylic acids is 1. The number of benzene rings is 3. The average Bonchev–Trinajstić information content (AvgIpc) is 2.69. The number of hydrogen-bond acceptors (Lipinski definition) is 3. The van der Waals surface area contributed by atoms with E-state index in [0.29, 0.717) is 23.8 Å². The van der Waals surface area contributed by atoms with E-state index in [9.17, 15) is 9.18 Å². The Bertz CT molecular complexity index is 939. The number of halogens is 1. The minimum absolute atomic E-state index is 0.0473. The Morgan fingerprint density at radius 3 is 2.41 bits per heavy atom. The van der Waals surface area contributed by atoms with Crippen LogP contribution in [0.3, 0.4) is 0 Å². The van der Waals surface area contributed by atoms with Crippen LogP contribution in [0.15, 0.2) is 66.7 Å². The summed E-state index contributed by atoms with van der Waals surface area (Å²) in [6.07, 6.45) is 0. The maximum absolute atomic E-state index is 13.8. The zero-order valence-electron chi connectivity index (χ0n) is 15.2. The van der Waals surface area contributed by atoms with Gasteiger partial charge in [-0.3, -0.25) is 4.79 Å². The fourth-order valence-corrected chi connectivity index (χ4v) is 2.60. The lowest BCUT2D eigenvalue weighted by Crippen LogP contribution is -2.23. The molecular formula is C22H20FNO3. The van der Waals surface area contributed by atoms with Crippen LogP contribution in [0.5, 0.6) is 17.2 Å². The molecule has 3 rings (SSSR count). The Hall–Kier alpha value is -3.34. The molecule has 4 nitrogen and oxygen atoms in total. The summed E-state index contributed by atoms with van der Waals surface area (Å²) < 4.78 is 24.9. The molecule has 0 atom stereocenters. The van der Waals surface area contributed by atoms with Crippen LogP contribution in [-0.2, 0) is 6.54 Å². The molecule has 1 amide bonds. The Morgan fingerprint density at radius 1 is 1.00 bits per heavy atom. The van der Waals surface area contributed by atoms with Gasteiger partial charge >= 0.3 is 0 Å². The SMILES string of the molecule is COc1ccccc1Oc1ccc(CNC(=O)c2cc(C)ccc2F)cc1. The zero-order valence-corrected chi connectivity index (χ0v) is 15.2. The van der Waals surface area contributed by atoms with Gasteiger partial charge in [-0.05, 0) is 48.9 Å². The van der Waals surface area contributed by atoms with Gasteiger partial charge in [-0.1, -0.05) is 35.9 Å². The van der Waals surface area contributed by atoms with Crippen LogP contribution >= 0.6 is 0 Å². The van der Waals surface area contributed by atoms with E-state index in [1.54, 1.807) is 25.3 Å². The van der Waals surface area contributed by atoms with E-state index in [1.165, 1.54) is 12.1 Å². The predicted molar refractivity (Wildman–Crippen MR) is 102 cm³/mol. The number of methoxy groups -OCH3 is 1. The van der Waals surface area contributed by atoms with Crippen LogP contribution in [0.25, 0.3) is 0 Å². The van der Waals surface area contributed by atoms with Gasteiger partial charge < -0.3 is 14.8 Å². The molecule has 0 saturated carbocycles. The summed E-state index contributed by atoms with van der Waals surface area (Å²) in [7, 11) is 1.59. The van der Waals surface area contributed by atoms with E-state index in [4.69, 9.17) is 9.47 Å². The molecule has 0 aromatic heterocycles. The van der Waals surface area contributed by atoms with Gasteiger partial charge in [-0.25, -0.2) is 4.39 Å². The van der Waals surface area contributed by atoms with Gasteiger partial charge in [0.1, 0.15) is 11.6 Å². The number of aryl methyl sites for hydroxylation is 1. The summed E-state index contributed by atoms with van der Waals surface area (Å²) in [5.74, 6) is 0.952. The number of nitrogens with one attached hydrogen (secondary N) is 1. The standard InChI is InChI=1S/C22H20FNO3/c1-15-7-12-19(23)18(13-15)22(25)24-14-16-8-10-17(11-9-16)27-21-6-4-3-5-20(21)26-2/h3-13H,14H2,1-2H3,(H,24,25). The highest BCUT2D eigenvalue weighted by molar-refractivity contribution is 5.94. The van der Waals surface area contributed by atoms with Crippen molar-refractivity contribution in [3.8, 4) is 17.2 Å². The van der Waals surface area contributed by atoms with Crippen LogP contribution in [0.1, 0.15) is 21.5 Å². The molecule has 0 saturated heterocycles. The molecule has 0 bridgehead atoms. The first-order chi connectivity index (χ1) is 13.1. The minimum atomic E-state index is -0.529. The van der Waals surface area contributed by atoms with Crippen molar-refractivity contribution in [2.24, 2.45) is 0 Å². The normalized spacial score (nSPS) is 10.3. The van der Waals surface area contributed by atoms with Gasteiger partial charge in [0, 0.05) is 6.54 Å². The first-order valence-electron chi connectivity index (χ1n) is 8.51. The molecule has 3 aromatic carbocycles. The second kappa shape index (κ2) is 8.36. The quantitative estimate of drug-likeness (QED) is 0.678. The predicted octanol–water partition coefficient (Wildman–Crippen LogP) is 4.87. The van der Waals surface area contributed by atoms with E-state index in [1.807, 2.05) is 43.3 Å². The van der Waals surface area contributed by atoms with Gasteiger partial charge in [0.15, 0.2) is 11.5 Å². The summed E-state index contributed by atoms with van der Waals surface area (Å²) in [6.45, 7) is 2.11. The highest BCUT2D eigenvalue weighted by atomic mass is 19.1. The molecule has 3 aromatic rings. The minimum Gasteiger partial charge on any atom is -0.493 e. The van der Waals surface area contributed by atoms with E-state index in [2.05, 4.69) is 5.32 Å². The van der Waals surface area contributed by atoms with Gasteiger partial charge in [-0.2, -0.15) is 0 Å². The molecule has 0 spiro atoms. The first kappa shape index (κ1) is 18.5. The molecule has 27 heavy (non-hydrogen) atoms. The largest absolute Gasteiger partial charge is 0.493 e. The number of rotatable bonds is 6. The molecular weight excluding hydrogens is 345 g/mol. The number of carbonyl (C=O) groups is 1. The highest BCUT2D eigenvalue weighted by Crippen LogP contribution is 2.30. The lowest BCUT2D eigenvalue weighted by Gasteiger charge is -2.11. The third-order valence-corrected chi connectivity index (χ3v) is 4.04. The van der Waals surface area contributed by atoms with Crippen molar-refractivity contribution in [2.75, 3.05) is 7.11 Å². The molecule has 0 aliphatic carbocycles. The monoisotopic (exact) mass is 365 g/mol. The highest BCUT2D eigenvalue weighted by Gasteiger charge is 2.11. The van der Waals surface area contributed by atoms with Crippen molar-refractivity contribution in [2.45, 2.75) is 13.5 Å². The van der Waals surface area contributed by atoms with Crippen LogP contribution < -0.4 is 14.8 Å². The maximum atomic E-state index is 13.8. The van der Waals surface area contributed by atoms with E-state index >= 15 is 0 Å². The summed E-state index contributed by atoms with van der Waals surface area (Å²) in [5.41, 5.74) is 1.76. The third-order valence-electron chi connectivity index (χ3n) is 4.04. The van der Waals surface area contributed by atoms with Gasteiger partial charge in [0.2, 0.25) is 0 Å². The summed E-state index contributed by atoms with van der Waals surface area (Å²) in [6, 6.07) is 19.2. The van der Waals surface area contributed by atoms with Gasteiger partial charge in [0.05, 0.1) is 12.7 Å². The lowest BCUT2D eigenvalue weighted by molar-refractivity contribution is 0.0947. The van der Waals surface area contributed by atoms with Gasteiger partial charge in [0.25, 0.3) is 5.91 Å². The smallest absolute Gasteiger partial charge is 0.254 e. The molecule has 138 valence electrons. The molecule has 0 aliphatic rings. The van der Waals surface area contributed by atoms with Crippen LogP contribution in [0.4, 0.5) is 4.39 Å². The van der Waals surface area contributed by atoms with Crippen LogP contribution in [-0.4, -0.2) is 13.0 Å². The van der Waals surface area contributed by atoms with Crippen molar-refractivity contribution in [3.63, 3.8) is 0 Å². The van der Waals surface area contributed by atoms with E-state index in [0.717, 1.165) is 11.1 Å². The van der Waals surface area contributed by atoms with Crippen molar-refractivity contribution in [1.82, 2.24) is 5.32 Å². The van der Waals surface area contributed by atoms with Crippen molar-refractivity contribution < 1.29 is 18.7 Å². The number of amides is 1. The number of hydrogen-bond donors (Lipinski definition) is 1. The van der Waals surface area contributed by atoms with Gasteiger partial charge in [-0.15, -0.1) is 0 Å². The van der Waals surface area contributed by atoms with Crippen LogP contribution in [0.2, 0.25) is 0 Å². The molecule has 0 heterocycles. The van der Waals surface area contributed by atoms with E-state index in [-0.39, 0.29) is 5.56 Å². The van der Waals surface area contributed by atoms with E-state index < -0.39 is 11.7 Å². The molecule has 0 unspecified atom stereocenters. The average molecular weight is 365 g/mol. The zero-order chi connectivity index (χ0) is 19.2. The second-order valence-electron chi connectivity index (χ2n) is 6.06. The molecule has 5 heteroatoms. The maximum Gasteiger partial charge on any atom is 0.254 e. The molecule has 0 aliphatic heterocycles. The Labute approximate surface area is 157 Å². The topological polar surface area (TPSA) is 47.6 Å². The molecule has 0 fully saturated rings. The van der Waals surface area contributed by atoms with Crippen molar-refractivity contribution >= 4 is 5.91 Å². The summed E-state index contributed by atoms with van der Waals surface area (Å²) in [4.78, 5) is 12.2.